The summed E-state index contributed by atoms with van der Waals surface area (Å²) in [5.74, 6) is 1.75. The number of carbonyl (C=O) groups is 1. The first-order chi connectivity index (χ1) is 9.28. The fraction of sp³-hybridized carbons (Fsp3) is 0.938. The van der Waals surface area contributed by atoms with Gasteiger partial charge in [-0.15, -0.1) is 0 Å². The first-order valence-electron chi connectivity index (χ1n) is 8.18. The lowest BCUT2D eigenvalue weighted by atomic mass is 9.84. The highest BCUT2D eigenvalue weighted by Crippen LogP contribution is 2.29. The van der Waals surface area contributed by atoms with Gasteiger partial charge in [-0.25, -0.2) is 0 Å². The first-order valence-corrected chi connectivity index (χ1v) is 8.18. The predicted octanol–water partition coefficient (Wildman–Crippen LogP) is 3.01. The molecule has 0 aromatic carbocycles. The van der Waals surface area contributed by atoms with Crippen LogP contribution >= 0.6 is 0 Å². The minimum atomic E-state index is 0.262. The summed E-state index contributed by atoms with van der Waals surface area (Å²) < 4.78 is 0. The summed E-state index contributed by atoms with van der Waals surface area (Å²) in [7, 11) is 0. The number of amides is 1. The molecule has 0 bridgehead atoms. The molecule has 19 heavy (non-hydrogen) atoms. The second kappa shape index (κ2) is 7.88. The minimum absolute atomic E-state index is 0.262. The highest BCUT2D eigenvalue weighted by molar-refractivity contribution is 5.76. The standard InChI is InChI=1S/C16H29NO2/c18-12-11-14-5-8-15(9-6-14)17-16(19)10-7-13-3-1-2-4-13/h13-15,18H,1-12H2,(H,17,19). The van der Waals surface area contributed by atoms with Crippen molar-refractivity contribution in [3.05, 3.63) is 0 Å². The molecule has 1 amide bonds. The Bertz CT molecular complexity index is 266. The molecule has 0 radical (unpaired) electrons. The zero-order valence-corrected chi connectivity index (χ0v) is 12.1. The summed E-state index contributed by atoms with van der Waals surface area (Å²) in [5, 5.41) is 12.1. The molecule has 0 aromatic rings. The van der Waals surface area contributed by atoms with Crippen molar-refractivity contribution in [3.63, 3.8) is 0 Å². The maximum Gasteiger partial charge on any atom is 0.220 e. The van der Waals surface area contributed by atoms with Crippen LogP contribution in [0.1, 0.15) is 70.6 Å². The Balaban J connectivity index is 1.58. The Kier molecular flexibility index (Phi) is 6.15. The molecule has 0 unspecified atom stereocenters. The normalized spacial score (nSPS) is 28.5. The van der Waals surface area contributed by atoms with Gasteiger partial charge in [0.25, 0.3) is 0 Å². The van der Waals surface area contributed by atoms with Gasteiger partial charge < -0.3 is 10.4 Å². The van der Waals surface area contributed by atoms with Crippen molar-refractivity contribution in [1.82, 2.24) is 5.32 Å². The predicted molar refractivity (Wildman–Crippen MR) is 76.8 cm³/mol. The Hall–Kier alpha value is -0.570. The summed E-state index contributed by atoms with van der Waals surface area (Å²) in [5.41, 5.74) is 0. The van der Waals surface area contributed by atoms with E-state index >= 15 is 0 Å². The molecule has 2 rings (SSSR count). The van der Waals surface area contributed by atoms with Gasteiger partial charge in [0.1, 0.15) is 0 Å². The molecule has 0 saturated heterocycles. The van der Waals surface area contributed by atoms with Gasteiger partial charge in [-0.3, -0.25) is 4.79 Å². The van der Waals surface area contributed by atoms with Crippen molar-refractivity contribution in [3.8, 4) is 0 Å². The van der Waals surface area contributed by atoms with Crippen molar-refractivity contribution in [1.29, 1.82) is 0 Å². The van der Waals surface area contributed by atoms with Crippen molar-refractivity contribution >= 4 is 5.91 Å². The second-order valence-electron chi connectivity index (χ2n) is 6.49. The number of rotatable bonds is 6. The molecule has 0 heterocycles. The van der Waals surface area contributed by atoms with E-state index in [4.69, 9.17) is 5.11 Å². The van der Waals surface area contributed by atoms with E-state index in [1.165, 1.54) is 25.7 Å². The zero-order chi connectivity index (χ0) is 13.5. The number of aliphatic hydroxyl groups excluding tert-OH is 1. The highest BCUT2D eigenvalue weighted by Gasteiger charge is 2.22. The van der Waals surface area contributed by atoms with E-state index in [9.17, 15) is 4.79 Å². The molecule has 2 aliphatic rings. The summed E-state index contributed by atoms with van der Waals surface area (Å²) >= 11 is 0. The smallest absolute Gasteiger partial charge is 0.220 e. The quantitative estimate of drug-likeness (QED) is 0.777. The molecule has 0 atom stereocenters. The lowest BCUT2D eigenvalue weighted by molar-refractivity contribution is -0.122. The monoisotopic (exact) mass is 267 g/mol. The third-order valence-electron chi connectivity index (χ3n) is 5.00. The van der Waals surface area contributed by atoms with Gasteiger partial charge in [-0.05, 0) is 50.4 Å². The maximum absolute atomic E-state index is 11.9. The van der Waals surface area contributed by atoms with Crippen molar-refractivity contribution < 1.29 is 9.90 Å². The third kappa shape index (κ3) is 5.13. The first kappa shape index (κ1) is 14.8. The number of aliphatic hydroxyl groups is 1. The number of nitrogens with one attached hydrogen (secondary N) is 1. The van der Waals surface area contributed by atoms with Gasteiger partial charge in [0, 0.05) is 19.1 Å². The third-order valence-corrected chi connectivity index (χ3v) is 5.00. The van der Waals surface area contributed by atoms with E-state index in [0.29, 0.717) is 18.6 Å². The molecule has 2 aliphatic carbocycles. The van der Waals surface area contributed by atoms with E-state index in [0.717, 1.165) is 50.9 Å². The van der Waals surface area contributed by atoms with Crippen LogP contribution in [0.5, 0.6) is 0 Å². The highest BCUT2D eigenvalue weighted by atomic mass is 16.3. The van der Waals surface area contributed by atoms with Gasteiger partial charge in [0.05, 0.1) is 0 Å². The maximum atomic E-state index is 11.9. The SMILES string of the molecule is O=C(CCC1CCCC1)NC1CCC(CCO)CC1. The molecule has 3 nitrogen and oxygen atoms in total. The lowest BCUT2D eigenvalue weighted by Gasteiger charge is -2.28. The van der Waals surface area contributed by atoms with Crippen LogP contribution in [0.4, 0.5) is 0 Å². The summed E-state index contributed by atoms with van der Waals surface area (Å²) in [6.07, 6.45) is 12.7. The van der Waals surface area contributed by atoms with Crippen LogP contribution in [0.2, 0.25) is 0 Å². The summed E-state index contributed by atoms with van der Waals surface area (Å²) in [4.78, 5) is 11.9. The molecular formula is C16H29NO2. The molecule has 2 N–H and O–H groups in total. The van der Waals surface area contributed by atoms with Crippen LogP contribution in [-0.2, 0) is 4.79 Å². The van der Waals surface area contributed by atoms with Crippen molar-refractivity contribution in [2.45, 2.75) is 76.7 Å². The molecule has 2 fully saturated rings. The Labute approximate surface area is 117 Å². The number of hydrogen-bond donors (Lipinski definition) is 2. The van der Waals surface area contributed by atoms with E-state index in [-0.39, 0.29) is 5.91 Å². The number of hydrogen-bond acceptors (Lipinski definition) is 2. The molecule has 0 spiro atoms. The van der Waals surface area contributed by atoms with Crippen LogP contribution in [0.15, 0.2) is 0 Å². The Morgan fingerprint density at radius 1 is 0.947 bits per heavy atom. The average molecular weight is 267 g/mol. The zero-order valence-electron chi connectivity index (χ0n) is 12.1. The van der Waals surface area contributed by atoms with E-state index in [1.807, 2.05) is 0 Å². The van der Waals surface area contributed by atoms with Crippen LogP contribution in [0, 0.1) is 11.8 Å². The molecular weight excluding hydrogens is 238 g/mol. The molecule has 2 saturated carbocycles. The van der Waals surface area contributed by atoms with Gasteiger partial charge >= 0.3 is 0 Å². The van der Waals surface area contributed by atoms with Crippen LogP contribution < -0.4 is 5.32 Å². The van der Waals surface area contributed by atoms with E-state index < -0.39 is 0 Å². The van der Waals surface area contributed by atoms with Gasteiger partial charge in [-0.1, -0.05) is 25.7 Å². The van der Waals surface area contributed by atoms with E-state index in [2.05, 4.69) is 5.32 Å². The average Bonchev–Trinajstić information content (AvgIpc) is 2.92. The summed E-state index contributed by atoms with van der Waals surface area (Å²) in [6, 6.07) is 0.394. The molecule has 3 heteroatoms. The van der Waals surface area contributed by atoms with Gasteiger partial charge in [0.2, 0.25) is 5.91 Å². The molecule has 110 valence electrons. The van der Waals surface area contributed by atoms with Gasteiger partial charge in [-0.2, -0.15) is 0 Å². The van der Waals surface area contributed by atoms with Crippen molar-refractivity contribution in [2.24, 2.45) is 11.8 Å². The van der Waals surface area contributed by atoms with E-state index in [1.54, 1.807) is 0 Å². The summed E-state index contributed by atoms with van der Waals surface area (Å²) in [6.45, 7) is 0.309. The van der Waals surface area contributed by atoms with Crippen molar-refractivity contribution in [2.75, 3.05) is 6.61 Å². The Morgan fingerprint density at radius 2 is 1.58 bits per heavy atom. The second-order valence-corrected chi connectivity index (χ2v) is 6.49. The van der Waals surface area contributed by atoms with Crippen LogP contribution in [0.25, 0.3) is 0 Å². The van der Waals surface area contributed by atoms with Gasteiger partial charge in [0.15, 0.2) is 0 Å². The molecule has 0 aromatic heterocycles. The molecule has 0 aliphatic heterocycles. The van der Waals surface area contributed by atoms with Crippen LogP contribution in [0.3, 0.4) is 0 Å². The minimum Gasteiger partial charge on any atom is -0.396 e. The fourth-order valence-corrected chi connectivity index (χ4v) is 3.71. The largest absolute Gasteiger partial charge is 0.396 e. The fourth-order valence-electron chi connectivity index (χ4n) is 3.71. The Morgan fingerprint density at radius 3 is 2.21 bits per heavy atom. The number of carbonyl (C=O) groups excluding carboxylic acids is 1. The topological polar surface area (TPSA) is 49.3 Å². The lowest BCUT2D eigenvalue weighted by Crippen LogP contribution is -2.37. The van der Waals surface area contributed by atoms with Crippen LogP contribution in [-0.4, -0.2) is 23.7 Å².